The molecule has 2 aromatic carbocycles. The van der Waals surface area contributed by atoms with Crippen molar-refractivity contribution in [1.82, 2.24) is 0 Å². The van der Waals surface area contributed by atoms with E-state index in [0.717, 1.165) is 17.1 Å². The third-order valence-electron chi connectivity index (χ3n) is 2.80. The number of nitrogens with one attached hydrogen (secondary N) is 1. The summed E-state index contributed by atoms with van der Waals surface area (Å²) in [5.41, 5.74) is 2.41. The smallest absolute Gasteiger partial charge is 0.228 e. The van der Waals surface area contributed by atoms with Gasteiger partial charge in [0.1, 0.15) is 0 Å². The number of hydrogen-bond donors (Lipinski definition) is 1. The molecule has 0 aliphatic rings. The van der Waals surface area contributed by atoms with Crippen LogP contribution in [0.2, 0.25) is 5.02 Å². The SMILES string of the molecule is CNc1ccc(Cl)cc1N(C(C)=O)c1ccccc1. The van der Waals surface area contributed by atoms with Crippen LogP contribution in [-0.4, -0.2) is 13.0 Å². The molecule has 0 aliphatic heterocycles. The van der Waals surface area contributed by atoms with Gasteiger partial charge in [-0.2, -0.15) is 0 Å². The fourth-order valence-electron chi connectivity index (χ4n) is 1.97. The Morgan fingerprint density at radius 1 is 1.16 bits per heavy atom. The molecular weight excluding hydrogens is 260 g/mol. The van der Waals surface area contributed by atoms with Crippen LogP contribution in [0.3, 0.4) is 0 Å². The Labute approximate surface area is 117 Å². The number of para-hydroxylation sites is 1. The average molecular weight is 275 g/mol. The summed E-state index contributed by atoms with van der Waals surface area (Å²) < 4.78 is 0. The molecule has 0 fully saturated rings. The Morgan fingerprint density at radius 3 is 2.42 bits per heavy atom. The number of carbonyl (C=O) groups is 1. The molecule has 0 aromatic heterocycles. The minimum absolute atomic E-state index is 0.0648. The molecule has 98 valence electrons. The molecule has 2 rings (SSSR count). The number of carbonyl (C=O) groups excluding carboxylic acids is 1. The molecule has 0 saturated heterocycles. The van der Waals surface area contributed by atoms with Gasteiger partial charge in [-0.05, 0) is 30.3 Å². The lowest BCUT2D eigenvalue weighted by atomic mass is 10.2. The van der Waals surface area contributed by atoms with E-state index in [0.29, 0.717) is 5.02 Å². The molecule has 0 radical (unpaired) electrons. The first-order chi connectivity index (χ1) is 9.13. The molecule has 0 spiro atoms. The number of nitrogens with zero attached hydrogens (tertiary/aromatic N) is 1. The Kier molecular flexibility index (Phi) is 4.07. The van der Waals surface area contributed by atoms with Crippen LogP contribution in [0.15, 0.2) is 48.5 Å². The third-order valence-corrected chi connectivity index (χ3v) is 3.03. The summed E-state index contributed by atoms with van der Waals surface area (Å²) >= 11 is 6.04. The van der Waals surface area contributed by atoms with Gasteiger partial charge in [-0.15, -0.1) is 0 Å². The van der Waals surface area contributed by atoms with Crippen LogP contribution < -0.4 is 10.2 Å². The number of anilines is 3. The van der Waals surface area contributed by atoms with Crippen molar-refractivity contribution in [2.24, 2.45) is 0 Å². The summed E-state index contributed by atoms with van der Waals surface area (Å²) in [7, 11) is 1.82. The lowest BCUT2D eigenvalue weighted by Gasteiger charge is -2.24. The Morgan fingerprint density at radius 2 is 1.84 bits per heavy atom. The van der Waals surface area contributed by atoms with Crippen LogP contribution in [0.5, 0.6) is 0 Å². The van der Waals surface area contributed by atoms with Gasteiger partial charge >= 0.3 is 0 Å². The van der Waals surface area contributed by atoms with E-state index < -0.39 is 0 Å². The highest BCUT2D eigenvalue weighted by molar-refractivity contribution is 6.31. The van der Waals surface area contributed by atoms with E-state index in [2.05, 4.69) is 5.32 Å². The van der Waals surface area contributed by atoms with Gasteiger partial charge in [0.2, 0.25) is 5.91 Å². The monoisotopic (exact) mass is 274 g/mol. The van der Waals surface area contributed by atoms with E-state index in [1.807, 2.05) is 43.4 Å². The number of halogens is 1. The molecule has 3 nitrogen and oxygen atoms in total. The van der Waals surface area contributed by atoms with Crippen LogP contribution in [0.1, 0.15) is 6.92 Å². The van der Waals surface area contributed by atoms with Gasteiger partial charge < -0.3 is 5.32 Å². The predicted molar refractivity (Wildman–Crippen MR) is 80.3 cm³/mol. The highest BCUT2D eigenvalue weighted by Crippen LogP contribution is 2.34. The normalized spacial score (nSPS) is 10.1. The number of rotatable bonds is 3. The maximum atomic E-state index is 12.0. The minimum atomic E-state index is -0.0648. The first-order valence-corrected chi connectivity index (χ1v) is 6.34. The molecule has 0 aliphatic carbocycles. The second kappa shape index (κ2) is 5.76. The summed E-state index contributed by atoms with van der Waals surface area (Å²) in [5, 5.41) is 3.67. The molecule has 19 heavy (non-hydrogen) atoms. The predicted octanol–water partition coefficient (Wildman–Crippen LogP) is 4.07. The lowest BCUT2D eigenvalue weighted by molar-refractivity contribution is -0.115. The molecule has 0 unspecified atom stereocenters. The van der Waals surface area contributed by atoms with Crippen LogP contribution >= 0.6 is 11.6 Å². The van der Waals surface area contributed by atoms with Crippen molar-refractivity contribution in [3.05, 3.63) is 53.6 Å². The first-order valence-electron chi connectivity index (χ1n) is 5.96. The van der Waals surface area contributed by atoms with Gasteiger partial charge in [-0.3, -0.25) is 9.69 Å². The largest absolute Gasteiger partial charge is 0.386 e. The van der Waals surface area contributed by atoms with Crippen molar-refractivity contribution in [3.63, 3.8) is 0 Å². The topological polar surface area (TPSA) is 32.3 Å². The standard InChI is InChI=1S/C15H15ClN2O/c1-11(19)18(13-6-4-3-5-7-13)15-10-12(16)8-9-14(15)17-2/h3-10,17H,1-2H3. The van der Waals surface area contributed by atoms with Gasteiger partial charge in [0.05, 0.1) is 11.4 Å². The van der Waals surface area contributed by atoms with Crippen LogP contribution in [-0.2, 0) is 4.79 Å². The molecule has 2 aromatic rings. The number of hydrogen-bond acceptors (Lipinski definition) is 2. The van der Waals surface area contributed by atoms with Gasteiger partial charge in [-0.1, -0.05) is 29.8 Å². The van der Waals surface area contributed by atoms with Crippen molar-refractivity contribution >= 4 is 34.6 Å². The van der Waals surface area contributed by atoms with E-state index in [9.17, 15) is 4.79 Å². The molecule has 0 bridgehead atoms. The fourth-order valence-corrected chi connectivity index (χ4v) is 2.14. The van der Waals surface area contributed by atoms with E-state index >= 15 is 0 Å². The van der Waals surface area contributed by atoms with E-state index in [1.165, 1.54) is 6.92 Å². The maximum Gasteiger partial charge on any atom is 0.228 e. The number of amides is 1. The quantitative estimate of drug-likeness (QED) is 0.915. The van der Waals surface area contributed by atoms with E-state index in [4.69, 9.17) is 11.6 Å². The van der Waals surface area contributed by atoms with Crippen molar-refractivity contribution in [3.8, 4) is 0 Å². The molecule has 1 N–H and O–H groups in total. The van der Waals surface area contributed by atoms with Crippen molar-refractivity contribution in [2.75, 3.05) is 17.3 Å². The first kappa shape index (κ1) is 13.4. The Hall–Kier alpha value is -2.00. The van der Waals surface area contributed by atoms with Gasteiger partial charge in [0.25, 0.3) is 0 Å². The molecule has 4 heteroatoms. The summed E-state index contributed by atoms with van der Waals surface area (Å²) in [4.78, 5) is 13.6. The maximum absolute atomic E-state index is 12.0. The summed E-state index contributed by atoms with van der Waals surface area (Å²) in [6, 6.07) is 14.9. The highest BCUT2D eigenvalue weighted by atomic mass is 35.5. The zero-order valence-corrected chi connectivity index (χ0v) is 11.6. The zero-order valence-electron chi connectivity index (χ0n) is 10.9. The summed E-state index contributed by atoms with van der Waals surface area (Å²) in [6.07, 6.45) is 0. The molecular formula is C15H15ClN2O. The summed E-state index contributed by atoms with van der Waals surface area (Å²) in [6.45, 7) is 1.54. The van der Waals surface area contributed by atoms with Crippen molar-refractivity contribution < 1.29 is 4.79 Å². The Balaban J connectivity index is 2.57. The zero-order chi connectivity index (χ0) is 13.8. The molecule has 0 heterocycles. The van der Waals surface area contributed by atoms with E-state index in [-0.39, 0.29) is 5.91 Å². The van der Waals surface area contributed by atoms with Crippen molar-refractivity contribution in [1.29, 1.82) is 0 Å². The fraction of sp³-hybridized carbons (Fsp3) is 0.133. The number of benzene rings is 2. The van der Waals surface area contributed by atoms with Crippen LogP contribution in [0, 0.1) is 0 Å². The van der Waals surface area contributed by atoms with Gasteiger partial charge in [0, 0.05) is 24.7 Å². The molecule has 0 saturated carbocycles. The second-order valence-corrected chi connectivity index (χ2v) is 4.54. The molecule has 1 amide bonds. The van der Waals surface area contributed by atoms with Crippen molar-refractivity contribution in [2.45, 2.75) is 6.92 Å². The highest BCUT2D eigenvalue weighted by Gasteiger charge is 2.17. The van der Waals surface area contributed by atoms with Crippen LogP contribution in [0.4, 0.5) is 17.1 Å². The summed E-state index contributed by atoms with van der Waals surface area (Å²) in [5.74, 6) is -0.0648. The Bertz CT molecular complexity index is 584. The van der Waals surface area contributed by atoms with Crippen LogP contribution in [0.25, 0.3) is 0 Å². The average Bonchev–Trinajstić information content (AvgIpc) is 2.40. The third kappa shape index (κ3) is 2.88. The second-order valence-electron chi connectivity index (χ2n) is 4.10. The van der Waals surface area contributed by atoms with Gasteiger partial charge in [-0.25, -0.2) is 0 Å². The van der Waals surface area contributed by atoms with Gasteiger partial charge in [0.15, 0.2) is 0 Å². The van der Waals surface area contributed by atoms with E-state index in [1.54, 1.807) is 17.0 Å². The molecule has 0 atom stereocenters. The lowest BCUT2D eigenvalue weighted by Crippen LogP contribution is -2.23. The minimum Gasteiger partial charge on any atom is -0.386 e.